The number of rotatable bonds is 49. The minimum atomic E-state index is -1.82. The van der Waals surface area contributed by atoms with E-state index in [2.05, 4.69) is 68.5 Å². The molecule has 1 aromatic heterocycles. The molecule has 38 heteroatoms. The van der Waals surface area contributed by atoms with Crippen LogP contribution in [0.3, 0.4) is 0 Å². The number of aliphatic carboxylic acids is 2. The maximum absolute atomic E-state index is 14.7. The first-order chi connectivity index (χ1) is 49.3. The molecule has 2 heterocycles. The van der Waals surface area contributed by atoms with E-state index in [1.807, 2.05) is 6.92 Å². The highest BCUT2D eigenvalue weighted by Crippen LogP contribution is 2.21. The largest absolute Gasteiger partial charge is 0.481 e. The molecule has 0 unspecified atom stereocenters. The number of aromatic amines is 1. The highest BCUT2D eigenvalue weighted by atomic mass is 16.4. The fourth-order valence-electron chi connectivity index (χ4n) is 11.1. The lowest BCUT2D eigenvalue weighted by Gasteiger charge is -2.31. The van der Waals surface area contributed by atoms with Crippen molar-refractivity contribution in [2.75, 3.05) is 39.5 Å². The SMILES string of the molecule is CCCCCCCC(=O)c1ccccc1C[C@H](NC(=O)[C@H](CO)NC(=O)[C@H](CO)NC(=O)CN)C(=O)N[C@@H](CC(C)C)C(=O)N[C@@H](CO)C(=O)N1CCC[C@H]1C(=O)N[C@@H](CCC(=O)O)C(=O)N[C@@H](Cc1c[nH]cn1)C(=O)N[C@@H](CCC(N)=O)C(=O)N[C@@H](CCCNC(=N)N)C(=O)N[C@H](C(=O)O)C(C)C. The Bertz CT molecular complexity index is 3260. The third kappa shape index (κ3) is 30.4. The van der Waals surface area contributed by atoms with Crippen molar-refractivity contribution in [2.24, 2.45) is 29.0 Å². The summed E-state index contributed by atoms with van der Waals surface area (Å²) < 4.78 is 0. The first-order valence-corrected chi connectivity index (χ1v) is 34.5. The summed E-state index contributed by atoms with van der Waals surface area (Å²) in [5.74, 6) is -17.0. The lowest BCUT2D eigenvalue weighted by molar-refractivity contribution is -0.143. The number of carbonyl (C=O) groups excluding carboxylic acids is 13. The molecule has 11 atom stereocenters. The number of benzene rings is 1. The summed E-state index contributed by atoms with van der Waals surface area (Å²) in [6.45, 7) is 4.68. The molecule has 1 fully saturated rings. The molecule has 1 aliphatic rings. The maximum Gasteiger partial charge on any atom is 0.326 e. The van der Waals surface area contributed by atoms with E-state index in [-0.39, 0.29) is 80.1 Å². The van der Waals surface area contributed by atoms with Crippen molar-refractivity contribution in [1.82, 2.24) is 73.4 Å². The molecule has 1 saturated heterocycles. The van der Waals surface area contributed by atoms with Gasteiger partial charge in [-0.2, -0.15) is 0 Å². The third-order valence-corrected chi connectivity index (χ3v) is 16.7. The van der Waals surface area contributed by atoms with Gasteiger partial charge in [0.1, 0.15) is 66.5 Å². The van der Waals surface area contributed by atoms with Crippen molar-refractivity contribution in [3.63, 3.8) is 0 Å². The van der Waals surface area contributed by atoms with Gasteiger partial charge >= 0.3 is 11.9 Å². The van der Waals surface area contributed by atoms with Gasteiger partial charge in [-0.15, -0.1) is 0 Å². The summed E-state index contributed by atoms with van der Waals surface area (Å²) in [7, 11) is 0. The Hall–Kier alpha value is -10.2. The topological polar surface area (TPSA) is 623 Å². The van der Waals surface area contributed by atoms with Crippen LogP contribution in [0.25, 0.3) is 0 Å². The van der Waals surface area contributed by atoms with E-state index in [9.17, 15) is 97.5 Å². The number of guanidine groups is 1. The Morgan fingerprint density at radius 2 is 1.11 bits per heavy atom. The second-order valence-electron chi connectivity index (χ2n) is 25.9. The number of carbonyl (C=O) groups is 15. The number of amides is 12. The zero-order valence-corrected chi connectivity index (χ0v) is 59.2. The number of imidazole rings is 1. The van der Waals surface area contributed by atoms with Gasteiger partial charge in [0.25, 0.3) is 0 Å². The predicted octanol–water partition coefficient (Wildman–Crippen LogP) is -5.31. The normalized spacial score (nSPS) is 15.5. The smallest absolute Gasteiger partial charge is 0.326 e. The van der Waals surface area contributed by atoms with E-state index in [1.165, 1.54) is 26.4 Å². The first kappa shape index (κ1) is 88.0. The molecule has 1 aliphatic heterocycles. The molecule has 38 nitrogen and oxygen atoms in total. The second-order valence-corrected chi connectivity index (χ2v) is 25.9. The Morgan fingerprint density at radius 1 is 0.596 bits per heavy atom. The summed E-state index contributed by atoms with van der Waals surface area (Å²) in [6, 6.07) is -11.7. The van der Waals surface area contributed by atoms with Gasteiger partial charge < -0.3 is 111 Å². The van der Waals surface area contributed by atoms with Gasteiger partial charge in [-0.1, -0.05) is 84.6 Å². The van der Waals surface area contributed by atoms with Gasteiger partial charge in [-0.3, -0.25) is 72.5 Å². The number of primary amides is 1. The zero-order chi connectivity index (χ0) is 77.8. The molecular weight excluding hydrogens is 1360 g/mol. The molecule has 0 aliphatic carbocycles. The number of H-pyrrole nitrogens is 1. The van der Waals surface area contributed by atoms with Crippen LogP contribution in [0.2, 0.25) is 0 Å². The van der Waals surface area contributed by atoms with Gasteiger partial charge in [-0.25, -0.2) is 9.78 Å². The van der Waals surface area contributed by atoms with Gasteiger partial charge in [0.15, 0.2) is 11.7 Å². The number of aromatic nitrogens is 2. The number of carboxylic acid groups (broad SMARTS) is 2. The number of nitrogens with zero attached hydrogens (tertiary/aromatic N) is 2. The van der Waals surface area contributed by atoms with Gasteiger partial charge in [0, 0.05) is 57.0 Å². The number of Topliss-reactive ketones (excluding diaryl/α,β-unsaturated/α-hetero) is 1. The van der Waals surface area contributed by atoms with Crippen LogP contribution in [0.15, 0.2) is 36.8 Å². The van der Waals surface area contributed by atoms with Crippen LogP contribution >= 0.6 is 0 Å². The number of hydrogen-bond acceptors (Lipinski definition) is 21. The third-order valence-electron chi connectivity index (χ3n) is 16.7. The van der Waals surface area contributed by atoms with Crippen LogP contribution in [0, 0.1) is 17.2 Å². The minimum absolute atomic E-state index is 0.0363. The van der Waals surface area contributed by atoms with E-state index in [4.69, 9.17) is 22.6 Å². The summed E-state index contributed by atoms with van der Waals surface area (Å²) in [6.07, 6.45) is 3.53. The standard InChI is InChI=1S/C66H104N18O20/c1-6-7-8-9-10-19-50(88)39-16-12-11-15-37(39)27-44(79-62(100)47(32-86)81-61(99)46(31-85)74-52(90)29-67)59(97)78-43(26-35(2)3)58(96)82-48(33-87)64(102)84-25-14-18-49(84)63(101)77-42(21-23-53(91)92)56(94)80-45(28-38-30-71-34-73-38)60(98)76-41(20-22-51(68)89)55(93)75-40(17-13-24-72-66(69)70)57(95)83-54(36(4)5)65(103)104/h11-12,15-16,30,34-36,40-49,54,85-87H,6-10,13-14,17-29,31-33,67H2,1-5H3,(H2,68,89)(H,71,73)(H,74,90)(H,75,93)(H,76,98)(H,77,101)(H,78,97)(H,79,100)(H,80,94)(H,81,99)(H,82,96)(H,83,95)(H,91,92)(H,103,104)(H4,69,70,72)/t40-,41-,42-,43-,44-,45-,46-,47-,48-,49-,54-/m0/s1. The molecule has 0 radical (unpaired) electrons. The molecule has 104 heavy (non-hydrogen) atoms. The van der Waals surface area contributed by atoms with Crippen molar-refractivity contribution in [3.05, 3.63) is 53.6 Å². The van der Waals surface area contributed by atoms with Crippen LogP contribution in [0.1, 0.15) is 153 Å². The number of unbranched alkanes of at least 4 members (excludes halogenated alkanes) is 4. The lowest BCUT2D eigenvalue weighted by atomic mass is 9.94. The molecule has 24 N–H and O–H groups in total. The van der Waals surface area contributed by atoms with Crippen LogP contribution in [0.4, 0.5) is 0 Å². The Morgan fingerprint density at radius 3 is 1.65 bits per heavy atom. The average Bonchev–Trinajstić information content (AvgIpc) is 1.61. The van der Waals surface area contributed by atoms with E-state index in [0.29, 0.717) is 6.42 Å². The molecule has 2 aromatic rings. The highest BCUT2D eigenvalue weighted by molar-refractivity contribution is 6.01. The monoisotopic (exact) mass is 1470 g/mol. The number of nitrogens with one attached hydrogen (secondary N) is 13. The number of carboxylic acids is 2. The van der Waals surface area contributed by atoms with E-state index in [0.717, 1.165) is 30.6 Å². The number of ketones is 1. The quantitative estimate of drug-likeness (QED) is 0.0127. The van der Waals surface area contributed by atoms with Gasteiger partial charge in [0.05, 0.1) is 38.4 Å². The van der Waals surface area contributed by atoms with Gasteiger partial charge in [-0.05, 0) is 68.8 Å². The zero-order valence-electron chi connectivity index (χ0n) is 59.2. The molecule has 0 saturated carbocycles. The maximum atomic E-state index is 14.7. The highest BCUT2D eigenvalue weighted by Gasteiger charge is 2.42. The van der Waals surface area contributed by atoms with Crippen molar-refractivity contribution < 1.29 is 97.5 Å². The van der Waals surface area contributed by atoms with Crippen molar-refractivity contribution in [3.8, 4) is 0 Å². The predicted molar refractivity (Wildman–Crippen MR) is 371 cm³/mol. The van der Waals surface area contributed by atoms with Crippen molar-refractivity contribution in [1.29, 1.82) is 5.41 Å². The summed E-state index contributed by atoms with van der Waals surface area (Å²) in [5, 5.41) is 84.6. The minimum Gasteiger partial charge on any atom is -0.481 e. The summed E-state index contributed by atoms with van der Waals surface area (Å²) in [5.41, 5.74) is 16.8. The van der Waals surface area contributed by atoms with E-state index >= 15 is 0 Å². The van der Waals surface area contributed by atoms with Crippen LogP contribution < -0.4 is 75.7 Å². The van der Waals surface area contributed by atoms with E-state index < -0.39 is 226 Å². The molecule has 0 bridgehead atoms. The van der Waals surface area contributed by atoms with Crippen LogP contribution in [-0.2, 0) is 80.0 Å². The molecule has 578 valence electrons. The number of likely N-dealkylation sites (tertiary alicyclic amines) is 1. The average molecular weight is 1470 g/mol. The lowest BCUT2D eigenvalue weighted by Crippen LogP contribution is -2.61. The second kappa shape index (κ2) is 45.7. The van der Waals surface area contributed by atoms with Crippen molar-refractivity contribution in [2.45, 2.75) is 210 Å². The first-order valence-electron chi connectivity index (χ1n) is 34.5. The van der Waals surface area contributed by atoms with Gasteiger partial charge in [0.2, 0.25) is 70.9 Å². The molecular formula is C66H104N18O20. The van der Waals surface area contributed by atoms with Crippen molar-refractivity contribution >= 4 is 94.6 Å². The van der Waals surface area contributed by atoms with Crippen LogP contribution in [0.5, 0.6) is 0 Å². The Balaban J connectivity index is 1.97. The fraction of sp³-hybridized carbons (Fsp3) is 0.621. The number of hydrogen-bond donors (Lipinski definition) is 21. The van der Waals surface area contributed by atoms with E-state index in [1.54, 1.807) is 38.1 Å². The number of aliphatic hydroxyl groups excluding tert-OH is 3. The number of nitrogens with two attached hydrogens (primary N) is 3. The Kier molecular flexibility index (Phi) is 38.7. The van der Waals surface area contributed by atoms with Crippen LogP contribution in [-0.4, -0.2) is 241 Å². The molecule has 12 amide bonds. The Labute approximate surface area is 601 Å². The summed E-state index contributed by atoms with van der Waals surface area (Å²) in [4.78, 5) is 212. The summed E-state index contributed by atoms with van der Waals surface area (Å²) >= 11 is 0. The fourth-order valence-corrected chi connectivity index (χ4v) is 11.1. The molecule has 1 aromatic carbocycles. The molecule has 0 spiro atoms. The number of aliphatic hydroxyl groups is 3. The molecule has 3 rings (SSSR count).